The number of fused-ring (bicyclic) bond motifs is 1. The van der Waals surface area contributed by atoms with Crippen molar-refractivity contribution >= 4 is 17.3 Å². The molecule has 0 aromatic carbocycles. The first-order chi connectivity index (χ1) is 7.79. The van der Waals surface area contributed by atoms with Gasteiger partial charge in [-0.1, -0.05) is 6.08 Å². The van der Waals surface area contributed by atoms with E-state index in [1.165, 1.54) is 6.39 Å². The van der Waals surface area contributed by atoms with Crippen LogP contribution in [0.4, 0.5) is 0 Å². The summed E-state index contributed by atoms with van der Waals surface area (Å²) in [5.41, 5.74) is 2.28. The highest BCUT2D eigenvalue weighted by atomic mass is 16.3. The van der Waals surface area contributed by atoms with Gasteiger partial charge in [0.2, 0.25) is 5.71 Å². The van der Waals surface area contributed by atoms with Gasteiger partial charge in [0.25, 0.3) is 0 Å². The standard InChI is InChI=1S/C12H15N3O/c1-9(13-2)4-3-5-10-6-7-11-12(15-10)16-8-14-11/h3,5-9,13H,4H2,1-2H3/b5-3+. The summed E-state index contributed by atoms with van der Waals surface area (Å²) in [6.07, 6.45) is 6.49. The van der Waals surface area contributed by atoms with Crippen molar-refractivity contribution in [1.82, 2.24) is 15.3 Å². The minimum Gasteiger partial charge on any atom is -0.425 e. The first kappa shape index (κ1) is 10.8. The number of oxazole rings is 1. The number of nitrogens with zero attached hydrogens (tertiary/aromatic N) is 2. The second-order valence-electron chi connectivity index (χ2n) is 3.74. The highest BCUT2D eigenvalue weighted by molar-refractivity contribution is 5.69. The predicted molar refractivity (Wildman–Crippen MR) is 64.0 cm³/mol. The van der Waals surface area contributed by atoms with Crippen LogP contribution in [-0.2, 0) is 0 Å². The maximum atomic E-state index is 5.14. The number of hydrogen-bond acceptors (Lipinski definition) is 4. The van der Waals surface area contributed by atoms with Crippen molar-refractivity contribution in [1.29, 1.82) is 0 Å². The van der Waals surface area contributed by atoms with E-state index in [2.05, 4.69) is 28.3 Å². The lowest BCUT2D eigenvalue weighted by molar-refractivity contribution is 0.590. The Balaban J connectivity index is 2.08. The molecule has 0 aliphatic rings. The lowest BCUT2D eigenvalue weighted by Gasteiger charge is -2.04. The van der Waals surface area contributed by atoms with E-state index in [-0.39, 0.29) is 0 Å². The van der Waals surface area contributed by atoms with Crippen molar-refractivity contribution in [2.24, 2.45) is 0 Å². The monoisotopic (exact) mass is 217 g/mol. The molecule has 1 atom stereocenters. The van der Waals surface area contributed by atoms with Gasteiger partial charge in [-0.15, -0.1) is 0 Å². The summed E-state index contributed by atoms with van der Waals surface area (Å²) < 4.78 is 5.14. The van der Waals surface area contributed by atoms with Gasteiger partial charge < -0.3 is 9.73 Å². The lowest BCUT2D eigenvalue weighted by Crippen LogP contribution is -2.19. The fourth-order valence-corrected chi connectivity index (χ4v) is 1.37. The van der Waals surface area contributed by atoms with Crippen LogP contribution in [0.2, 0.25) is 0 Å². The zero-order chi connectivity index (χ0) is 11.4. The predicted octanol–water partition coefficient (Wildman–Crippen LogP) is 2.23. The summed E-state index contributed by atoms with van der Waals surface area (Å²) in [6.45, 7) is 2.14. The molecule has 0 spiro atoms. The molecule has 0 saturated heterocycles. The first-order valence-corrected chi connectivity index (χ1v) is 5.33. The van der Waals surface area contributed by atoms with E-state index in [4.69, 9.17) is 4.42 Å². The Hall–Kier alpha value is -1.68. The van der Waals surface area contributed by atoms with Crippen molar-refractivity contribution in [3.63, 3.8) is 0 Å². The third kappa shape index (κ3) is 2.46. The Bertz CT molecular complexity index is 490. The van der Waals surface area contributed by atoms with Gasteiger partial charge in [0, 0.05) is 6.04 Å². The highest BCUT2D eigenvalue weighted by Gasteiger charge is 1.99. The molecule has 2 heterocycles. The van der Waals surface area contributed by atoms with Crippen molar-refractivity contribution in [2.45, 2.75) is 19.4 Å². The molecule has 16 heavy (non-hydrogen) atoms. The minimum absolute atomic E-state index is 0.477. The lowest BCUT2D eigenvalue weighted by atomic mass is 10.2. The van der Waals surface area contributed by atoms with Gasteiger partial charge in [0.1, 0.15) is 5.52 Å². The zero-order valence-corrected chi connectivity index (χ0v) is 9.47. The number of hydrogen-bond donors (Lipinski definition) is 1. The van der Waals surface area contributed by atoms with Crippen LogP contribution in [0.25, 0.3) is 17.3 Å². The number of nitrogens with one attached hydrogen (secondary N) is 1. The van der Waals surface area contributed by atoms with E-state index in [9.17, 15) is 0 Å². The Morgan fingerprint density at radius 1 is 1.50 bits per heavy atom. The topological polar surface area (TPSA) is 51.0 Å². The van der Waals surface area contributed by atoms with E-state index in [1.807, 2.05) is 25.3 Å². The van der Waals surface area contributed by atoms with Gasteiger partial charge in [-0.05, 0) is 38.6 Å². The van der Waals surface area contributed by atoms with Crippen LogP contribution in [0.5, 0.6) is 0 Å². The first-order valence-electron chi connectivity index (χ1n) is 5.33. The molecule has 0 radical (unpaired) electrons. The van der Waals surface area contributed by atoms with Crippen LogP contribution in [-0.4, -0.2) is 23.1 Å². The van der Waals surface area contributed by atoms with Gasteiger partial charge in [-0.25, -0.2) is 9.97 Å². The molecule has 84 valence electrons. The minimum atomic E-state index is 0.477. The zero-order valence-electron chi connectivity index (χ0n) is 9.47. The molecule has 1 N–H and O–H groups in total. The maximum absolute atomic E-state index is 5.14. The molecular weight excluding hydrogens is 202 g/mol. The quantitative estimate of drug-likeness (QED) is 0.853. The molecule has 4 heteroatoms. The Kier molecular flexibility index (Phi) is 3.31. The van der Waals surface area contributed by atoms with E-state index in [0.717, 1.165) is 17.6 Å². The SMILES string of the molecule is CNC(C)C/C=C/c1ccc2ncoc2n1. The van der Waals surface area contributed by atoms with E-state index < -0.39 is 0 Å². The fourth-order valence-electron chi connectivity index (χ4n) is 1.37. The molecule has 0 bridgehead atoms. The average molecular weight is 217 g/mol. The van der Waals surface area contributed by atoms with Crippen LogP contribution >= 0.6 is 0 Å². The van der Waals surface area contributed by atoms with Crippen LogP contribution in [0.15, 0.2) is 29.0 Å². The van der Waals surface area contributed by atoms with Crippen molar-refractivity contribution in [3.8, 4) is 0 Å². The van der Waals surface area contributed by atoms with E-state index >= 15 is 0 Å². The van der Waals surface area contributed by atoms with E-state index in [0.29, 0.717) is 11.8 Å². The van der Waals surface area contributed by atoms with Crippen LogP contribution in [0, 0.1) is 0 Å². The number of aromatic nitrogens is 2. The molecule has 0 amide bonds. The van der Waals surface area contributed by atoms with Gasteiger partial charge in [-0.2, -0.15) is 0 Å². The molecule has 2 aromatic heterocycles. The van der Waals surface area contributed by atoms with Crippen LogP contribution in [0.3, 0.4) is 0 Å². The Morgan fingerprint density at radius 2 is 2.38 bits per heavy atom. The molecule has 2 aromatic rings. The second kappa shape index (κ2) is 4.90. The molecular formula is C12H15N3O. The molecule has 4 nitrogen and oxygen atoms in total. The third-order valence-corrected chi connectivity index (χ3v) is 2.49. The summed E-state index contributed by atoms with van der Waals surface area (Å²) in [7, 11) is 1.96. The average Bonchev–Trinajstić information content (AvgIpc) is 2.76. The third-order valence-electron chi connectivity index (χ3n) is 2.49. The van der Waals surface area contributed by atoms with Crippen molar-refractivity contribution in [2.75, 3.05) is 7.05 Å². The second-order valence-corrected chi connectivity index (χ2v) is 3.74. The normalized spacial score (nSPS) is 13.6. The summed E-state index contributed by atoms with van der Waals surface area (Å²) in [4.78, 5) is 8.34. The summed E-state index contributed by atoms with van der Waals surface area (Å²) in [5.74, 6) is 0. The fraction of sp³-hybridized carbons (Fsp3) is 0.333. The van der Waals surface area contributed by atoms with Gasteiger partial charge in [0.05, 0.1) is 5.69 Å². The molecule has 2 rings (SSSR count). The largest absolute Gasteiger partial charge is 0.425 e. The molecule has 0 aliphatic heterocycles. The smallest absolute Gasteiger partial charge is 0.247 e. The Labute approximate surface area is 94.4 Å². The molecule has 1 unspecified atom stereocenters. The summed E-state index contributed by atoms with van der Waals surface area (Å²) in [6, 6.07) is 4.32. The van der Waals surface area contributed by atoms with E-state index in [1.54, 1.807) is 0 Å². The van der Waals surface area contributed by atoms with Crippen molar-refractivity contribution in [3.05, 3.63) is 30.3 Å². The molecule has 0 fully saturated rings. The van der Waals surface area contributed by atoms with Gasteiger partial charge >= 0.3 is 0 Å². The van der Waals surface area contributed by atoms with Crippen LogP contribution in [0.1, 0.15) is 19.0 Å². The van der Waals surface area contributed by atoms with Crippen molar-refractivity contribution < 1.29 is 4.42 Å². The van der Waals surface area contributed by atoms with Gasteiger partial charge in [0.15, 0.2) is 6.39 Å². The van der Waals surface area contributed by atoms with Gasteiger partial charge in [-0.3, -0.25) is 0 Å². The number of pyridine rings is 1. The molecule has 0 saturated carbocycles. The number of rotatable bonds is 4. The highest BCUT2D eigenvalue weighted by Crippen LogP contribution is 2.11. The summed E-state index contributed by atoms with van der Waals surface area (Å²) in [5, 5.41) is 3.18. The molecule has 0 aliphatic carbocycles. The maximum Gasteiger partial charge on any atom is 0.247 e. The van der Waals surface area contributed by atoms with Crippen LogP contribution < -0.4 is 5.32 Å². The Morgan fingerprint density at radius 3 is 3.19 bits per heavy atom. The summed E-state index contributed by atoms with van der Waals surface area (Å²) >= 11 is 0.